The molecular weight excluding hydrogens is 463 g/mol. The van der Waals surface area contributed by atoms with E-state index in [-0.39, 0.29) is 11.7 Å². The molecule has 0 spiro atoms. The van der Waals surface area contributed by atoms with Crippen molar-refractivity contribution in [3.63, 3.8) is 0 Å². The molecule has 0 radical (unpaired) electrons. The first-order chi connectivity index (χ1) is 17.5. The zero-order valence-electron chi connectivity index (χ0n) is 19.8. The number of anilines is 1. The topological polar surface area (TPSA) is 81.1 Å². The Labute approximate surface area is 207 Å². The van der Waals surface area contributed by atoms with Crippen molar-refractivity contribution in [3.8, 4) is 23.0 Å². The Morgan fingerprint density at radius 3 is 2.44 bits per heavy atom. The molecule has 0 aliphatic carbocycles. The van der Waals surface area contributed by atoms with Gasteiger partial charge in [0.15, 0.2) is 23.1 Å². The Hall–Kier alpha value is -4.17. The molecule has 1 aromatic heterocycles. The summed E-state index contributed by atoms with van der Waals surface area (Å²) in [6.07, 6.45) is 1.13. The van der Waals surface area contributed by atoms with Crippen molar-refractivity contribution in [2.45, 2.75) is 12.5 Å². The number of halogens is 1. The minimum absolute atomic E-state index is 0.00792. The molecule has 0 saturated carbocycles. The Balaban J connectivity index is 1.38. The first kappa shape index (κ1) is 23.6. The highest BCUT2D eigenvalue weighted by Gasteiger charge is 2.38. The van der Waals surface area contributed by atoms with Crippen LogP contribution in [0.1, 0.15) is 18.1 Å². The van der Waals surface area contributed by atoms with E-state index in [0.717, 1.165) is 0 Å². The lowest BCUT2D eigenvalue weighted by molar-refractivity contribution is -0.123. The number of nitrogens with zero attached hydrogens (tertiary/aromatic N) is 2. The number of rotatable bonds is 7. The number of pyridine rings is 1. The van der Waals surface area contributed by atoms with Gasteiger partial charge in [-0.15, -0.1) is 0 Å². The third-order valence-corrected chi connectivity index (χ3v) is 6.42. The lowest BCUT2D eigenvalue weighted by atomic mass is 9.94. The van der Waals surface area contributed by atoms with Crippen molar-refractivity contribution < 1.29 is 28.5 Å². The predicted octanol–water partition coefficient (Wildman–Crippen LogP) is 5.27. The van der Waals surface area contributed by atoms with E-state index >= 15 is 4.39 Å². The van der Waals surface area contributed by atoms with E-state index in [2.05, 4.69) is 4.98 Å². The molecule has 1 N–H and O–H groups in total. The molecule has 3 aromatic carbocycles. The lowest BCUT2D eigenvalue weighted by Crippen LogP contribution is -2.29. The third-order valence-electron chi connectivity index (χ3n) is 6.42. The van der Waals surface area contributed by atoms with E-state index in [1.165, 1.54) is 31.3 Å². The van der Waals surface area contributed by atoms with Gasteiger partial charge in [0, 0.05) is 35.9 Å². The minimum atomic E-state index is -0.910. The van der Waals surface area contributed by atoms with Crippen molar-refractivity contribution in [1.29, 1.82) is 0 Å². The van der Waals surface area contributed by atoms with Gasteiger partial charge >= 0.3 is 0 Å². The highest BCUT2D eigenvalue weighted by molar-refractivity contribution is 5.97. The SMILES string of the molecule is COc1cc2nccc(Oc3ccc(N4CCC(C(O)c5ccccc5)C4=O)cc3F)c2cc1OC. The summed E-state index contributed by atoms with van der Waals surface area (Å²) in [7, 11) is 3.07. The van der Waals surface area contributed by atoms with Gasteiger partial charge < -0.3 is 24.2 Å². The molecule has 1 aliphatic heterocycles. The molecule has 1 amide bonds. The molecule has 2 heterocycles. The Morgan fingerprint density at radius 2 is 1.72 bits per heavy atom. The maximum atomic E-state index is 15.1. The summed E-state index contributed by atoms with van der Waals surface area (Å²) in [6.45, 7) is 0.393. The fraction of sp³-hybridized carbons (Fsp3) is 0.214. The summed E-state index contributed by atoms with van der Waals surface area (Å²) >= 11 is 0. The largest absolute Gasteiger partial charge is 0.493 e. The van der Waals surface area contributed by atoms with Gasteiger partial charge in [-0.2, -0.15) is 0 Å². The fourth-order valence-corrected chi connectivity index (χ4v) is 4.53. The van der Waals surface area contributed by atoms with E-state index in [0.29, 0.717) is 52.4 Å². The Kier molecular flexibility index (Phi) is 6.43. The third kappa shape index (κ3) is 4.31. The molecular formula is C28H25FN2O5. The standard InChI is InChI=1S/C28H25FN2O5/c1-34-25-15-20-22(16-26(25)35-2)30-12-10-23(20)36-24-9-8-18(14-21(24)29)31-13-11-19(28(31)33)27(32)17-6-4-3-5-7-17/h3-10,12,14-16,19,27,32H,11,13H2,1-2H3. The van der Waals surface area contributed by atoms with Crippen LogP contribution in [0.2, 0.25) is 0 Å². The molecule has 2 unspecified atom stereocenters. The lowest BCUT2D eigenvalue weighted by Gasteiger charge is -2.20. The highest BCUT2D eigenvalue weighted by atomic mass is 19.1. The number of hydrogen-bond donors (Lipinski definition) is 1. The molecule has 1 aliphatic rings. The fourth-order valence-electron chi connectivity index (χ4n) is 4.53. The summed E-state index contributed by atoms with van der Waals surface area (Å²) in [5.41, 5.74) is 1.71. The first-order valence-electron chi connectivity index (χ1n) is 11.5. The maximum Gasteiger partial charge on any atom is 0.233 e. The Morgan fingerprint density at radius 1 is 0.972 bits per heavy atom. The van der Waals surface area contributed by atoms with Crippen molar-refractivity contribution >= 4 is 22.5 Å². The second kappa shape index (κ2) is 9.83. The quantitative estimate of drug-likeness (QED) is 0.382. The average molecular weight is 489 g/mol. The monoisotopic (exact) mass is 488 g/mol. The predicted molar refractivity (Wildman–Crippen MR) is 133 cm³/mol. The number of aliphatic hydroxyl groups is 1. The number of methoxy groups -OCH3 is 2. The first-order valence-corrected chi connectivity index (χ1v) is 11.5. The van der Waals surface area contributed by atoms with Gasteiger partial charge in [0.2, 0.25) is 5.91 Å². The van der Waals surface area contributed by atoms with E-state index < -0.39 is 17.8 Å². The zero-order valence-corrected chi connectivity index (χ0v) is 19.8. The van der Waals surface area contributed by atoms with Crippen LogP contribution in [-0.4, -0.2) is 36.8 Å². The van der Waals surface area contributed by atoms with Gasteiger partial charge in [0.05, 0.1) is 31.8 Å². The number of amides is 1. The van der Waals surface area contributed by atoms with E-state index in [1.54, 1.807) is 42.6 Å². The number of aliphatic hydroxyl groups excluding tert-OH is 1. The molecule has 2 atom stereocenters. The van der Waals surface area contributed by atoms with Crippen molar-refractivity contribution in [3.05, 3.63) is 84.3 Å². The number of hydrogen-bond acceptors (Lipinski definition) is 6. The number of benzene rings is 3. The number of fused-ring (bicyclic) bond motifs is 1. The second-order valence-electron chi connectivity index (χ2n) is 8.49. The average Bonchev–Trinajstić information content (AvgIpc) is 3.30. The van der Waals surface area contributed by atoms with E-state index in [4.69, 9.17) is 14.2 Å². The van der Waals surface area contributed by atoms with E-state index in [1.807, 2.05) is 18.2 Å². The van der Waals surface area contributed by atoms with Gasteiger partial charge in [0.1, 0.15) is 5.75 Å². The number of carbonyl (C=O) groups excluding carboxylic acids is 1. The molecule has 5 rings (SSSR count). The normalized spacial score (nSPS) is 16.3. The molecule has 4 aromatic rings. The maximum absolute atomic E-state index is 15.1. The summed E-state index contributed by atoms with van der Waals surface area (Å²) in [5, 5.41) is 11.3. The van der Waals surface area contributed by atoms with Crippen molar-refractivity contribution in [1.82, 2.24) is 4.98 Å². The van der Waals surface area contributed by atoms with Crippen LogP contribution >= 0.6 is 0 Å². The molecule has 0 bridgehead atoms. The second-order valence-corrected chi connectivity index (χ2v) is 8.49. The van der Waals surface area contributed by atoms with Crippen LogP contribution in [0.3, 0.4) is 0 Å². The molecule has 36 heavy (non-hydrogen) atoms. The van der Waals surface area contributed by atoms with Crippen molar-refractivity contribution in [2.24, 2.45) is 5.92 Å². The van der Waals surface area contributed by atoms with Crippen LogP contribution in [0.4, 0.5) is 10.1 Å². The van der Waals surface area contributed by atoms with Gasteiger partial charge in [-0.25, -0.2) is 4.39 Å². The molecule has 7 nitrogen and oxygen atoms in total. The molecule has 1 saturated heterocycles. The smallest absolute Gasteiger partial charge is 0.233 e. The highest BCUT2D eigenvalue weighted by Crippen LogP contribution is 2.39. The molecule has 8 heteroatoms. The van der Waals surface area contributed by atoms with Gasteiger partial charge in [-0.3, -0.25) is 9.78 Å². The van der Waals surface area contributed by atoms with Gasteiger partial charge in [0.25, 0.3) is 0 Å². The van der Waals surface area contributed by atoms with Gasteiger partial charge in [-0.1, -0.05) is 30.3 Å². The summed E-state index contributed by atoms with van der Waals surface area (Å²) in [5.74, 6) is -0.000933. The van der Waals surface area contributed by atoms with E-state index in [9.17, 15) is 9.90 Å². The Bertz CT molecular complexity index is 1410. The van der Waals surface area contributed by atoms with Gasteiger partial charge in [-0.05, 0) is 36.2 Å². The summed E-state index contributed by atoms with van der Waals surface area (Å²) in [6, 6.07) is 18.6. The zero-order chi connectivity index (χ0) is 25.2. The minimum Gasteiger partial charge on any atom is -0.493 e. The number of aromatic nitrogens is 1. The van der Waals surface area contributed by atoms with Crippen molar-refractivity contribution in [2.75, 3.05) is 25.7 Å². The number of carbonyl (C=O) groups is 1. The van der Waals surface area contributed by atoms with Crippen LogP contribution in [0.25, 0.3) is 10.9 Å². The van der Waals surface area contributed by atoms with Crippen LogP contribution < -0.4 is 19.1 Å². The van der Waals surface area contributed by atoms with Crippen LogP contribution in [0.15, 0.2) is 72.9 Å². The van der Waals surface area contributed by atoms with Crippen LogP contribution in [-0.2, 0) is 4.79 Å². The van der Waals surface area contributed by atoms with Crippen LogP contribution in [0, 0.1) is 11.7 Å². The van der Waals surface area contributed by atoms with Crippen LogP contribution in [0.5, 0.6) is 23.0 Å². The number of ether oxygens (including phenoxy) is 3. The molecule has 184 valence electrons. The summed E-state index contributed by atoms with van der Waals surface area (Å²) < 4.78 is 31.7. The summed E-state index contributed by atoms with van der Waals surface area (Å²) in [4.78, 5) is 18.9. The molecule has 1 fully saturated rings.